The summed E-state index contributed by atoms with van der Waals surface area (Å²) in [5.74, 6) is 2.80. The molecule has 116 valence electrons. The Morgan fingerprint density at radius 1 is 1.52 bits per heavy atom. The molecular weight excluding hydrogens is 284 g/mol. The van der Waals surface area contributed by atoms with Gasteiger partial charge in [-0.05, 0) is 31.6 Å². The number of aromatic nitrogens is 1. The van der Waals surface area contributed by atoms with Gasteiger partial charge >= 0.3 is 0 Å². The third kappa shape index (κ3) is 5.12. The second kappa shape index (κ2) is 8.77. The van der Waals surface area contributed by atoms with E-state index in [-0.39, 0.29) is 0 Å². The molecule has 2 N–H and O–H groups in total. The van der Waals surface area contributed by atoms with Crippen LogP contribution in [-0.4, -0.2) is 42.1 Å². The fraction of sp³-hybridized carbons (Fsp3) is 0.600. The van der Waals surface area contributed by atoms with Crippen molar-refractivity contribution in [3.8, 4) is 5.88 Å². The van der Waals surface area contributed by atoms with E-state index in [1.165, 1.54) is 18.6 Å². The van der Waals surface area contributed by atoms with Crippen LogP contribution in [0.25, 0.3) is 0 Å². The van der Waals surface area contributed by atoms with E-state index in [0.29, 0.717) is 24.3 Å². The second-order valence-electron chi connectivity index (χ2n) is 4.84. The topological polar surface area (TPSA) is 58.5 Å². The first-order chi connectivity index (χ1) is 10.3. The highest BCUT2D eigenvalue weighted by Crippen LogP contribution is 2.25. The van der Waals surface area contributed by atoms with Gasteiger partial charge in [-0.15, -0.1) is 0 Å². The Labute approximate surface area is 131 Å². The average molecular weight is 308 g/mol. The summed E-state index contributed by atoms with van der Waals surface area (Å²) in [6.07, 6.45) is 4.38. The first-order valence-corrected chi connectivity index (χ1v) is 8.51. The number of nitrogens with one attached hydrogen (secondary N) is 2. The fourth-order valence-corrected chi connectivity index (χ4v) is 3.44. The van der Waals surface area contributed by atoms with E-state index in [2.05, 4.69) is 20.6 Å². The summed E-state index contributed by atoms with van der Waals surface area (Å²) >= 11 is 2.04. The van der Waals surface area contributed by atoms with Crippen molar-refractivity contribution in [3.63, 3.8) is 0 Å². The molecule has 5 nitrogen and oxygen atoms in total. The van der Waals surface area contributed by atoms with Crippen LogP contribution in [0, 0.1) is 0 Å². The summed E-state index contributed by atoms with van der Waals surface area (Å²) in [5, 5.41) is 7.42. The molecular formula is C15H24N4OS. The van der Waals surface area contributed by atoms with Gasteiger partial charge in [-0.3, -0.25) is 4.99 Å². The first-order valence-electron chi connectivity index (χ1n) is 7.46. The quantitative estimate of drug-likeness (QED) is 0.622. The Hall–Kier alpha value is -1.43. The molecule has 0 saturated carbocycles. The summed E-state index contributed by atoms with van der Waals surface area (Å²) in [5.41, 5.74) is 1.04. The largest absolute Gasteiger partial charge is 0.478 e. The molecule has 1 unspecified atom stereocenters. The van der Waals surface area contributed by atoms with Crippen molar-refractivity contribution in [1.29, 1.82) is 0 Å². The van der Waals surface area contributed by atoms with Crippen molar-refractivity contribution in [2.24, 2.45) is 4.99 Å². The summed E-state index contributed by atoms with van der Waals surface area (Å²) < 4.78 is 5.53. The van der Waals surface area contributed by atoms with Crippen molar-refractivity contribution < 1.29 is 4.74 Å². The lowest BCUT2D eigenvalue weighted by Gasteiger charge is -2.15. The van der Waals surface area contributed by atoms with Gasteiger partial charge in [0, 0.05) is 37.1 Å². The van der Waals surface area contributed by atoms with Crippen LogP contribution in [0.4, 0.5) is 0 Å². The Bertz CT molecular complexity index is 461. The molecule has 0 aliphatic carbocycles. The lowest BCUT2D eigenvalue weighted by Crippen LogP contribution is -2.39. The maximum absolute atomic E-state index is 5.53. The number of pyridine rings is 1. The van der Waals surface area contributed by atoms with Crippen LogP contribution in [0.2, 0.25) is 0 Å². The van der Waals surface area contributed by atoms with E-state index in [0.717, 1.165) is 18.1 Å². The van der Waals surface area contributed by atoms with Gasteiger partial charge in [0.25, 0.3) is 0 Å². The van der Waals surface area contributed by atoms with E-state index < -0.39 is 0 Å². The van der Waals surface area contributed by atoms with Crippen LogP contribution in [0.1, 0.15) is 25.3 Å². The molecule has 0 spiro atoms. The third-order valence-electron chi connectivity index (χ3n) is 3.32. The number of thioether (sulfide) groups is 1. The van der Waals surface area contributed by atoms with Crippen LogP contribution >= 0.6 is 11.8 Å². The standard InChI is InChI=1S/C15H24N4OS/c1-3-20-14-12(6-4-8-17-14)10-18-15(16-2)19-11-13-7-5-9-21-13/h4,6,8,13H,3,5,7,9-11H2,1-2H3,(H2,16,18,19). The van der Waals surface area contributed by atoms with Crippen molar-refractivity contribution in [3.05, 3.63) is 23.9 Å². The fourth-order valence-electron chi connectivity index (χ4n) is 2.24. The van der Waals surface area contributed by atoms with Crippen molar-refractivity contribution in [2.75, 3.05) is 26.0 Å². The Morgan fingerprint density at radius 3 is 3.14 bits per heavy atom. The van der Waals surface area contributed by atoms with E-state index in [1.54, 1.807) is 13.2 Å². The minimum Gasteiger partial charge on any atom is -0.478 e. The normalized spacial score (nSPS) is 18.6. The zero-order chi connectivity index (χ0) is 14.9. The van der Waals surface area contributed by atoms with Gasteiger partial charge in [0.2, 0.25) is 5.88 Å². The molecule has 21 heavy (non-hydrogen) atoms. The molecule has 1 aliphatic rings. The smallest absolute Gasteiger partial charge is 0.218 e. The number of hydrogen-bond acceptors (Lipinski definition) is 4. The Balaban J connectivity index is 1.82. The van der Waals surface area contributed by atoms with Crippen LogP contribution in [-0.2, 0) is 6.54 Å². The van der Waals surface area contributed by atoms with Crippen LogP contribution < -0.4 is 15.4 Å². The molecule has 1 saturated heterocycles. The molecule has 1 aliphatic heterocycles. The van der Waals surface area contributed by atoms with Gasteiger partial charge in [-0.2, -0.15) is 11.8 Å². The number of rotatable bonds is 6. The van der Waals surface area contributed by atoms with E-state index >= 15 is 0 Å². The lowest BCUT2D eigenvalue weighted by atomic mass is 10.2. The van der Waals surface area contributed by atoms with Gasteiger partial charge in [0.15, 0.2) is 5.96 Å². The van der Waals surface area contributed by atoms with E-state index in [1.807, 2.05) is 30.8 Å². The van der Waals surface area contributed by atoms with Crippen LogP contribution in [0.5, 0.6) is 5.88 Å². The Kier molecular flexibility index (Phi) is 6.66. The Morgan fingerprint density at radius 2 is 2.43 bits per heavy atom. The van der Waals surface area contributed by atoms with Crippen LogP contribution in [0.3, 0.4) is 0 Å². The first kappa shape index (κ1) is 15.9. The molecule has 2 rings (SSSR count). The van der Waals surface area contributed by atoms with Crippen molar-refractivity contribution >= 4 is 17.7 Å². The molecule has 2 heterocycles. The highest BCUT2D eigenvalue weighted by atomic mass is 32.2. The number of hydrogen-bond donors (Lipinski definition) is 2. The molecule has 0 bridgehead atoms. The number of aliphatic imine (C=N–C) groups is 1. The maximum atomic E-state index is 5.53. The molecule has 0 radical (unpaired) electrons. The predicted molar refractivity (Wildman–Crippen MR) is 89.1 cm³/mol. The highest BCUT2D eigenvalue weighted by Gasteiger charge is 2.15. The van der Waals surface area contributed by atoms with Gasteiger partial charge in [-0.25, -0.2) is 4.98 Å². The molecule has 6 heteroatoms. The molecule has 0 amide bonds. The summed E-state index contributed by atoms with van der Waals surface area (Å²) in [4.78, 5) is 8.52. The minimum absolute atomic E-state index is 0.621. The SMILES string of the molecule is CCOc1ncccc1CNC(=NC)NCC1CCCS1. The summed E-state index contributed by atoms with van der Waals surface area (Å²) in [7, 11) is 1.80. The number of ether oxygens (including phenoxy) is 1. The van der Waals surface area contributed by atoms with Crippen molar-refractivity contribution in [1.82, 2.24) is 15.6 Å². The van der Waals surface area contributed by atoms with Gasteiger partial charge in [0.1, 0.15) is 0 Å². The maximum Gasteiger partial charge on any atom is 0.218 e. The van der Waals surface area contributed by atoms with Crippen molar-refractivity contribution in [2.45, 2.75) is 31.6 Å². The van der Waals surface area contributed by atoms with E-state index in [9.17, 15) is 0 Å². The summed E-state index contributed by atoms with van der Waals surface area (Å²) in [6.45, 7) is 4.21. The molecule has 1 atom stereocenters. The average Bonchev–Trinajstić information content (AvgIpc) is 3.02. The molecule has 1 aromatic rings. The highest BCUT2D eigenvalue weighted by molar-refractivity contribution is 8.00. The van der Waals surface area contributed by atoms with Gasteiger partial charge in [-0.1, -0.05) is 6.07 Å². The summed E-state index contributed by atoms with van der Waals surface area (Å²) in [6, 6.07) is 3.94. The third-order valence-corrected chi connectivity index (χ3v) is 4.72. The van der Waals surface area contributed by atoms with E-state index in [4.69, 9.17) is 4.74 Å². The van der Waals surface area contributed by atoms with Gasteiger partial charge in [0.05, 0.1) is 6.61 Å². The molecule has 1 fully saturated rings. The van der Waals surface area contributed by atoms with Crippen LogP contribution in [0.15, 0.2) is 23.3 Å². The zero-order valence-corrected chi connectivity index (χ0v) is 13.6. The molecule has 0 aromatic carbocycles. The minimum atomic E-state index is 0.621. The number of guanidine groups is 1. The lowest BCUT2D eigenvalue weighted by molar-refractivity contribution is 0.322. The molecule has 1 aromatic heterocycles. The predicted octanol–water partition coefficient (Wildman–Crippen LogP) is 2.04. The monoisotopic (exact) mass is 308 g/mol. The zero-order valence-electron chi connectivity index (χ0n) is 12.8. The second-order valence-corrected chi connectivity index (χ2v) is 6.25. The van der Waals surface area contributed by atoms with Gasteiger partial charge < -0.3 is 15.4 Å². The number of nitrogens with zero attached hydrogens (tertiary/aromatic N) is 2.